The molecule has 2 N–H and O–H groups in total. The van der Waals surface area contributed by atoms with Gasteiger partial charge in [0.2, 0.25) is 0 Å². The fraction of sp³-hybridized carbons (Fsp3) is 0.500. The van der Waals surface area contributed by atoms with Crippen LogP contribution in [0.3, 0.4) is 0 Å². The third-order valence-electron chi connectivity index (χ3n) is 2.95. The molecule has 0 fully saturated rings. The van der Waals surface area contributed by atoms with Crippen molar-refractivity contribution in [1.29, 1.82) is 0 Å². The Hall–Kier alpha value is -1.00. The molecule has 0 aliphatic rings. The fourth-order valence-corrected chi connectivity index (χ4v) is 2.24. The molecule has 100 valence electrons. The molecule has 1 aromatic carbocycles. The van der Waals surface area contributed by atoms with Crippen LogP contribution in [0.2, 0.25) is 0 Å². The lowest BCUT2D eigenvalue weighted by Gasteiger charge is -2.18. The van der Waals surface area contributed by atoms with Gasteiger partial charge in [0.15, 0.2) is 0 Å². The van der Waals surface area contributed by atoms with Crippen LogP contribution in [0.4, 0.5) is 0 Å². The van der Waals surface area contributed by atoms with Crippen molar-refractivity contribution in [3.8, 4) is 0 Å². The van der Waals surface area contributed by atoms with Crippen molar-refractivity contribution in [2.24, 2.45) is 0 Å². The third-order valence-corrected chi connectivity index (χ3v) is 3.59. The molecule has 0 aliphatic carbocycles. The summed E-state index contributed by atoms with van der Waals surface area (Å²) in [5.41, 5.74) is 1.24. The smallest absolute Gasteiger partial charge is 0.320 e. The third kappa shape index (κ3) is 5.10. The normalized spacial score (nSPS) is 14.1. The Morgan fingerprint density at radius 1 is 1.39 bits per heavy atom. The van der Waals surface area contributed by atoms with Gasteiger partial charge in [0, 0.05) is 6.54 Å². The van der Waals surface area contributed by atoms with Gasteiger partial charge in [-0.1, -0.05) is 37.3 Å². The maximum atomic E-state index is 11.1. The molecule has 2 atom stereocenters. The van der Waals surface area contributed by atoms with Gasteiger partial charge in [-0.3, -0.25) is 4.79 Å². The minimum absolute atomic E-state index is 0.322. The summed E-state index contributed by atoms with van der Waals surface area (Å²) in [5.74, 6) is 0.426. The lowest BCUT2D eigenvalue weighted by molar-refractivity contribution is -0.139. The van der Waals surface area contributed by atoms with Crippen LogP contribution < -0.4 is 5.32 Å². The minimum atomic E-state index is -0.760. The number of carboxylic acid groups (broad SMARTS) is 1. The summed E-state index contributed by atoms with van der Waals surface area (Å²) in [6.45, 7) is 2.80. The summed E-state index contributed by atoms with van der Waals surface area (Å²) in [6.07, 6.45) is 2.66. The van der Waals surface area contributed by atoms with Crippen LogP contribution in [0.1, 0.15) is 24.8 Å². The summed E-state index contributed by atoms with van der Waals surface area (Å²) in [5, 5.41) is 12.3. The summed E-state index contributed by atoms with van der Waals surface area (Å²) in [7, 11) is 0. The van der Waals surface area contributed by atoms with Crippen molar-refractivity contribution < 1.29 is 9.90 Å². The highest BCUT2D eigenvalue weighted by Crippen LogP contribution is 2.13. The molecule has 0 saturated carbocycles. The van der Waals surface area contributed by atoms with Gasteiger partial charge in [-0.25, -0.2) is 0 Å². The number of carboxylic acids is 1. The molecule has 0 radical (unpaired) electrons. The van der Waals surface area contributed by atoms with E-state index in [0.29, 0.717) is 18.9 Å². The van der Waals surface area contributed by atoms with Crippen molar-refractivity contribution in [2.75, 3.05) is 18.6 Å². The van der Waals surface area contributed by atoms with Gasteiger partial charge in [0.25, 0.3) is 0 Å². The first kappa shape index (κ1) is 15.1. The Morgan fingerprint density at radius 3 is 2.61 bits per heavy atom. The Bertz CT molecular complexity index is 356. The van der Waals surface area contributed by atoms with Crippen molar-refractivity contribution in [2.45, 2.75) is 25.3 Å². The van der Waals surface area contributed by atoms with E-state index < -0.39 is 12.0 Å². The SMILES string of the molecule is CSCC[C@H](NC[C@H](C)c1ccccc1)C(=O)O. The molecular weight excluding hydrogens is 246 g/mol. The van der Waals surface area contributed by atoms with E-state index in [4.69, 9.17) is 5.11 Å². The van der Waals surface area contributed by atoms with Crippen LogP contribution in [0.5, 0.6) is 0 Å². The predicted octanol–water partition coefficient (Wildman–Crippen LogP) is 2.59. The van der Waals surface area contributed by atoms with Gasteiger partial charge in [-0.2, -0.15) is 11.8 Å². The van der Waals surface area contributed by atoms with Crippen LogP contribution in [-0.4, -0.2) is 35.7 Å². The first-order valence-electron chi connectivity index (χ1n) is 6.15. The molecule has 0 aromatic heterocycles. The molecule has 0 saturated heterocycles. The second-order valence-corrected chi connectivity index (χ2v) is 5.38. The van der Waals surface area contributed by atoms with E-state index in [-0.39, 0.29) is 0 Å². The number of thioether (sulfide) groups is 1. The topological polar surface area (TPSA) is 49.3 Å². The molecule has 18 heavy (non-hydrogen) atoms. The lowest BCUT2D eigenvalue weighted by atomic mass is 10.0. The summed E-state index contributed by atoms with van der Waals surface area (Å²) < 4.78 is 0. The Kier molecular flexibility index (Phi) is 6.83. The van der Waals surface area contributed by atoms with E-state index in [0.717, 1.165) is 5.75 Å². The lowest BCUT2D eigenvalue weighted by Crippen LogP contribution is -2.39. The molecule has 1 aromatic rings. The van der Waals surface area contributed by atoms with Crippen LogP contribution in [0, 0.1) is 0 Å². The summed E-state index contributed by atoms with van der Waals surface area (Å²) in [6, 6.07) is 9.71. The van der Waals surface area contributed by atoms with Crippen LogP contribution in [0.25, 0.3) is 0 Å². The number of aliphatic carboxylic acids is 1. The van der Waals surface area contributed by atoms with Gasteiger partial charge in [0.05, 0.1) is 0 Å². The zero-order valence-corrected chi connectivity index (χ0v) is 11.7. The molecule has 0 bridgehead atoms. The molecular formula is C14H21NO2S. The zero-order valence-electron chi connectivity index (χ0n) is 10.9. The quantitative estimate of drug-likeness (QED) is 0.760. The number of carbonyl (C=O) groups is 1. The summed E-state index contributed by atoms with van der Waals surface area (Å²) in [4.78, 5) is 11.1. The number of hydrogen-bond donors (Lipinski definition) is 2. The summed E-state index contributed by atoms with van der Waals surface area (Å²) >= 11 is 1.67. The van der Waals surface area contributed by atoms with E-state index >= 15 is 0 Å². The van der Waals surface area contributed by atoms with Gasteiger partial charge in [0.1, 0.15) is 6.04 Å². The predicted molar refractivity (Wildman–Crippen MR) is 77.3 cm³/mol. The zero-order chi connectivity index (χ0) is 13.4. The number of benzene rings is 1. The van der Waals surface area contributed by atoms with E-state index in [1.165, 1.54) is 5.56 Å². The average Bonchev–Trinajstić information content (AvgIpc) is 2.39. The van der Waals surface area contributed by atoms with E-state index in [9.17, 15) is 4.79 Å². The van der Waals surface area contributed by atoms with Gasteiger partial charge in [-0.15, -0.1) is 0 Å². The second-order valence-electron chi connectivity index (χ2n) is 4.39. The van der Waals surface area contributed by atoms with E-state index in [1.54, 1.807) is 11.8 Å². The van der Waals surface area contributed by atoms with Gasteiger partial charge < -0.3 is 10.4 Å². The molecule has 0 spiro atoms. The highest BCUT2D eigenvalue weighted by Gasteiger charge is 2.17. The van der Waals surface area contributed by atoms with Crippen LogP contribution in [0.15, 0.2) is 30.3 Å². The Balaban J connectivity index is 2.44. The maximum Gasteiger partial charge on any atom is 0.320 e. The molecule has 0 unspecified atom stereocenters. The largest absolute Gasteiger partial charge is 0.480 e. The van der Waals surface area contributed by atoms with E-state index in [2.05, 4.69) is 24.4 Å². The number of nitrogens with one attached hydrogen (secondary N) is 1. The Morgan fingerprint density at radius 2 is 2.06 bits per heavy atom. The average molecular weight is 267 g/mol. The van der Waals surface area contributed by atoms with Crippen molar-refractivity contribution in [1.82, 2.24) is 5.32 Å². The van der Waals surface area contributed by atoms with Gasteiger partial charge in [-0.05, 0) is 29.9 Å². The number of hydrogen-bond acceptors (Lipinski definition) is 3. The molecule has 4 heteroatoms. The minimum Gasteiger partial charge on any atom is -0.480 e. The molecule has 0 aliphatic heterocycles. The van der Waals surface area contributed by atoms with Crippen molar-refractivity contribution in [3.05, 3.63) is 35.9 Å². The van der Waals surface area contributed by atoms with Crippen LogP contribution >= 0.6 is 11.8 Å². The maximum absolute atomic E-state index is 11.1. The second kappa shape index (κ2) is 8.16. The molecule has 0 amide bonds. The fourth-order valence-electron chi connectivity index (χ4n) is 1.77. The van der Waals surface area contributed by atoms with Gasteiger partial charge >= 0.3 is 5.97 Å². The first-order chi connectivity index (χ1) is 8.65. The first-order valence-corrected chi connectivity index (χ1v) is 7.54. The van der Waals surface area contributed by atoms with Crippen molar-refractivity contribution in [3.63, 3.8) is 0 Å². The molecule has 0 heterocycles. The standard InChI is InChI=1S/C14H21NO2S/c1-11(12-6-4-3-5-7-12)10-15-13(14(16)17)8-9-18-2/h3-7,11,13,15H,8-10H2,1-2H3,(H,16,17)/t11-,13-/m0/s1. The highest BCUT2D eigenvalue weighted by molar-refractivity contribution is 7.98. The molecule has 3 nitrogen and oxygen atoms in total. The Labute approximate surface area is 113 Å². The van der Waals surface area contributed by atoms with Crippen molar-refractivity contribution >= 4 is 17.7 Å². The number of rotatable bonds is 8. The molecule has 1 rings (SSSR count). The van der Waals surface area contributed by atoms with E-state index in [1.807, 2.05) is 24.5 Å². The highest BCUT2D eigenvalue weighted by atomic mass is 32.2. The monoisotopic (exact) mass is 267 g/mol. The van der Waals surface area contributed by atoms with Crippen LogP contribution in [-0.2, 0) is 4.79 Å².